The van der Waals surface area contributed by atoms with Crippen molar-refractivity contribution in [1.29, 1.82) is 0 Å². The van der Waals surface area contributed by atoms with Crippen LogP contribution < -0.4 is 11.4 Å². The van der Waals surface area contributed by atoms with Crippen molar-refractivity contribution in [2.24, 2.45) is 0 Å². The molecule has 4 N–H and O–H groups in total. The highest BCUT2D eigenvalue weighted by molar-refractivity contribution is 5.23. The molecule has 0 radical (unpaired) electrons. The van der Waals surface area contributed by atoms with Gasteiger partial charge in [0.05, 0.1) is 6.61 Å². The van der Waals surface area contributed by atoms with Crippen molar-refractivity contribution in [2.75, 3.05) is 12.3 Å². The van der Waals surface area contributed by atoms with E-state index in [-0.39, 0.29) is 10.4 Å². The molecule has 7 nitrogen and oxygen atoms in total. The highest BCUT2D eigenvalue weighted by Crippen LogP contribution is 2.38. The van der Waals surface area contributed by atoms with Gasteiger partial charge in [-0.15, -0.1) is 0 Å². The largest absolute Gasteiger partial charge is 0.394 e. The van der Waals surface area contributed by atoms with E-state index in [1.54, 1.807) is 0 Å². The third-order valence-electron chi connectivity index (χ3n) is 2.67. The minimum Gasteiger partial charge on any atom is -0.394 e. The van der Waals surface area contributed by atoms with E-state index in [1.165, 1.54) is 0 Å². The maximum Gasteiger partial charge on any atom is 0.354 e. The van der Waals surface area contributed by atoms with Crippen molar-refractivity contribution in [2.45, 2.75) is 24.4 Å². The summed E-state index contributed by atoms with van der Waals surface area (Å²) < 4.78 is 32.8. The maximum atomic E-state index is 14.3. The summed E-state index contributed by atoms with van der Waals surface area (Å²) in [5.41, 5.74) is 4.05. The molecule has 1 unspecified atom stereocenters. The molecule has 18 heavy (non-hydrogen) atoms. The number of rotatable bonds is 2. The fourth-order valence-corrected chi connectivity index (χ4v) is 1.73. The van der Waals surface area contributed by atoms with E-state index in [0.29, 0.717) is 0 Å². The Morgan fingerprint density at radius 3 is 2.83 bits per heavy atom. The molecule has 9 heteroatoms. The number of aliphatic hydroxyl groups is 2. The van der Waals surface area contributed by atoms with Gasteiger partial charge in [0.2, 0.25) is 6.17 Å². The van der Waals surface area contributed by atoms with Crippen LogP contribution in [0.25, 0.3) is 0 Å². The second-order valence-electron chi connectivity index (χ2n) is 3.85. The van der Waals surface area contributed by atoms with Crippen molar-refractivity contribution < 1.29 is 23.7 Å². The van der Waals surface area contributed by atoms with Crippen molar-refractivity contribution in [3.63, 3.8) is 0 Å². The van der Waals surface area contributed by atoms with E-state index in [0.717, 1.165) is 12.3 Å². The van der Waals surface area contributed by atoms with E-state index in [4.69, 9.17) is 10.8 Å². The molecule has 1 aromatic heterocycles. The van der Waals surface area contributed by atoms with Gasteiger partial charge in [-0.3, -0.25) is 0 Å². The van der Waals surface area contributed by atoms with Crippen LogP contribution in [-0.4, -0.2) is 44.8 Å². The Bertz CT molecular complexity index is 511. The first-order valence-corrected chi connectivity index (χ1v) is 5.05. The van der Waals surface area contributed by atoms with Gasteiger partial charge in [0.25, 0.3) is 0 Å². The number of hydrogen-bond acceptors (Lipinski definition) is 6. The lowest BCUT2D eigenvalue weighted by atomic mass is 10.1. The second-order valence-corrected chi connectivity index (χ2v) is 3.85. The number of alkyl halides is 2. The molecular formula is C9H11F2N3O4. The summed E-state index contributed by atoms with van der Waals surface area (Å²) >= 11 is 0. The lowest BCUT2D eigenvalue weighted by molar-refractivity contribution is -0.226. The Hall–Kier alpha value is -1.58. The molecule has 0 aromatic carbocycles. The summed E-state index contributed by atoms with van der Waals surface area (Å²) in [6.45, 7) is -0.787. The van der Waals surface area contributed by atoms with E-state index >= 15 is 0 Å². The number of nitrogen functional groups attached to an aromatic ring is 1. The molecule has 1 aromatic rings. The summed E-state index contributed by atoms with van der Waals surface area (Å²) in [4.78, 5) is 14.6. The SMILES string of the molecule is Nc1ccn([C@]2(F)O[C@H](CO)[C@@H](O)C2F)c(=O)n1. The van der Waals surface area contributed by atoms with Crippen molar-refractivity contribution in [1.82, 2.24) is 9.55 Å². The highest BCUT2D eigenvalue weighted by atomic mass is 19.2. The average Bonchev–Trinajstić information content (AvgIpc) is 2.54. The summed E-state index contributed by atoms with van der Waals surface area (Å²) in [5.74, 6) is -3.38. The molecule has 2 rings (SSSR count). The number of nitrogens with zero attached hydrogens (tertiary/aromatic N) is 2. The number of halogens is 2. The predicted molar refractivity (Wildman–Crippen MR) is 54.9 cm³/mol. The molecule has 2 heterocycles. The van der Waals surface area contributed by atoms with Crippen LogP contribution >= 0.6 is 0 Å². The van der Waals surface area contributed by atoms with Crippen LogP contribution in [0, 0.1) is 0 Å². The van der Waals surface area contributed by atoms with Crippen LogP contribution in [-0.2, 0) is 10.7 Å². The summed E-state index contributed by atoms with van der Waals surface area (Å²) in [6.07, 6.45) is -5.01. The topological polar surface area (TPSA) is 111 Å². The summed E-state index contributed by atoms with van der Waals surface area (Å²) in [5, 5.41) is 18.1. The number of nitrogens with two attached hydrogens (primary N) is 1. The van der Waals surface area contributed by atoms with Gasteiger partial charge in [0, 0.05) is 6.20 Å². The van der Waals surface area contributed by atoms with Gasteiger partial charge < -0.3 is 20.7 Å². The fraction of sp³-hybridized carbons (Fsp3) is 0.556. The minimum atomic E-state index is -3.22. The molecule has 0 saturated carbocycles. The molecular weight excluding hydrogens is 252 g/mol. The zero-order valence-corrected chi connectivity index (χ0v) is 9.03. The molecule has 100 valence electrons. The van der Waals surface area contributed by atoms with Crippen LogP contribution in [0.2, 0.25) is 0 Å². The smallest absolute Gasteiger partial charge is 0.354 e. The van der Waals surface area contributed by atoms with Gasteiger partial charge in [0.15, 0.2) is 0 Å². The van der Waals surface area contributed by atoms with E-state index in [9.17, 15) is 18.7 Å². The average molecular weight is 263 g/mol. The van der Waals surface area contributed by atoms with E-state index < -0.39 is 36.7 Å². The van der Waals surface area contributed by atoms with E-state index in [2.05, 4.69) is 9.72 Å². The van der Waals surface area contributed by atoms with Crippen LogP contribution in [0.3, 0.4) is 0 Å². The number of ether oxygens (including phenoxy) is 1. The van der Waals surface area contributed by atoms with Crippen LogP contribution in [0.5, 0.6) is 0 Å². The lowest BCUT2D eigenvalue weighted by Crippen LogP contribution is -2.45. The Morgan fingerprint density at radius 2 is 2.33 bits per heavy atom. The van der Waals surface area contributed by atoms with E-state index in [1.807, 2.05) is 0 Å². The quantitative estimate of drug-likeness (QED) is 0.598. The number of anilines is 1. The molecule has 1 saturated heterocycles. The van der Waals surface area contributed by atoms with Gasteiger partial charge >= 0.3 is 11.7 Å². The zero-order valence-electron chi connectivity index (χ0n) is 9.03. The first-order chi connectivity index (χ1) is 8.40. The van der Waals surface area contributed by atoms with Gasteiger partial charge in [-0.1, -0.05) is 0 Å². The molecule has 1 aliphatic heterocycles. The van der Waals surface area contributed by atoms with Crippen molar-refractivity contribution in [3.05, 3.63) is 22.7 Å². The zero-order chi connectivity index (χ0) is 13.5. The molecule has 0 aliphatic carbocycles. The molecule has 0 spiro atoms. The summed E-state index contributed by atoms with van der Waals surface area (Å²) in [6, 6.07) is 1.08. The monoisotopic (exact) mass is 263 g/mol. The Labute approximate surface area is 99.4 Å². The lowest BCUT2D eigenvalue weighted by Gasteiger charge is -2.23. The van der Waals surface area contributed by atoms with Crippen molar-refractivity contribution in [3.8, 4) is 0 Å². The number of aliphatic hydroxyl groups excluding tert-OH is 2. The molecule has 1 fully saturated rings. The van der Waals surface area contributed by atoms with Gasteiger partial charge in [-0.05, 0) is 6.07 Å². The van der Waals surface area contributed by atoms with Gasteiger partial charge in [0.1, 0.15) is 18.0 Å². The Morgan fingerprint density at radius 1 is 1.67 bits per heavy atom. The highest BCUT2D eigenvalue weighted by Gasteiger charge is 2.58. The van der Waals surface area contributed by atoms with Crippen LogP contribution in [0.4, 0.5) is 14.6 Å². The number of aromatic nitrogens is 2. The van der Waals surface area contributed by atoms with Crippen LogP contribution in [0.15, 0.2) is 17.1 Å². The standard InChI is InChI=1S/C9H11F2N3O4/c10-7-6(16)4(3-15)18-9(7,11)14-2-1-5(12)13-8(14)17/h1-2,4,6-7,15-16H,3H2,(H2,12,13,17)/t4-,6-,7?,9+/m1/s1. The maximum absolute atomic E-state index is 14.3. The third-order valence-corrected chi connectivity index (χ3v) is 2.67. The number of hydrogen-bond donors (Lipinski definition) is 3. The predicted octanol–water partition coefficient (Wildman–Crippen LogP) is -1.50. The molecule has 0 bridgehead atoms. The summed E-state index contributed by atoms with van der Waals surface area (Å²) in [7, 11) is 0. The fourth-order valence-electron chi connectivity index (χ4n) is 1.73. The molecule has 1 aliphatic rings. The minimum absolute atomic E-state index is 0.160. The Kier molecular flexibility index (Phi) is 3.05. The first-order valence-electron chi connectivity index (χ1n) is 5.05. The Balaban J connectivity index is 2.46. The van der Waals surface area contributed by atoms with Gasteiger partial charge in [-0.25, -0.2) is 13.8 Å². The second kappa shape index (κ2) is 4.26. The van der Waals surface area contributed by atoms with Crippen molar-refractivity contribution >= 4 is 5.82 Å². The molecule has 0 amide bonds. The first kappa shape index (κ1) is 12.9. The third kappa shape index (κ3) is 1.76. The van der Waals surface area contributed by atoms with Gasteiger partial charge in [-0.2, -0.15) is 9.37 Å². The van der Waals surface area contributed by atoms with Crippen LogP contribution in [0.1, 0.15) is 0 Å². The normalized spacial score (nSPS) is 35.9. The molecule has 4 atom stereocenters.